The first kappa shape index (κ1) is 26.0. The van der Waals surface area contributed by atoms with E-state index in [0.717, 1.165) is 63.0 Å². The lowest BCUT2D eigenvalue weighted by atomic mass is 10.1. The molecule has 6 N–H and O–H groups in total. The smallest absolute Gasteiger partial charge is 0.345 e. The summed E-state index contributed by atoms with van der Waals surface area (Å²) in [5.74, 6) is -1.83. The standard InChI is InChI=1S/C26H22N2O4S5/c27-9-7-13-11-21(15-1-5-19(33-15)25(29)30)36-23(13)17-3-4-18(35-17)24-14(8-10-28)12-22(37-24)16-2-6-20(34-16)26(31)32/h1-6,11-12H,7-10,27-28H2,(H,29,30)(H,31,32). The summed E-state index contributed by atoms with van der Waals surface area (Å²) < 4.78 is 0. The van der Waals surface area contributed by atoms with Crippen LogP contribution in [-0.2, 0) is 12.8 Å². The molecule has 5 heterocycles. The molecule has 0 saturated carbocycles. The molecule has 0 radical (unpaired) electrons. The summed E-state index contributed by atoms with van der Waals surface area (Å²) in [6, 6.07) is 15.5. The van der Waals surface area contributed by atoms with Gasteiger partial charge in [-0.05, 0) is 85.6 Å². The first-order valence-corrected chi connectivity index (χ1v) is 15.4. The Bertz CT molecular complexity index is 1470. The van der Waals surface area contributed by atoms with Gasteiger partial charge in [-0.2, -0.15) is 0 Å². The summed E-state index contributed by atoms with van der Waals surface area (Å²) in [6.45, 7) is 1.06. The van der Waals surface area contributed by atoms with Crippen molar-refractivity contribution in [1.29, 1.82) is 0 Å². The average Bonchev–Trinajstić information content (AvgIpc) is 3.68. The maximum atomic E-state index is 11.3. The van der Waals surface area contributed by atoms with Crippen LogP contribution in [0.25, 0.3) is 39.0 Å². The van der Waals surface area contributed by atoms with Crippen LogP contribution in [0.4, 0.5) is 0 Å². The Morgan fingerprint density at radius 1 is 0.568 bits per heavy atom. The zero-order chi connectivity index (χ0) is 26.1. The van der Waals surface area contributed by atoms with E-state index in [0.29, 0.717) is 22.8 Å². The highest BCUT2D eigenvalue weighted by Crippen LogP contribution is 2.47. The van der Waals surface area contributed by atoms with E-state index >= 15 is 0 Å². The summed E-state index contributed by atoms with van der Waals surface area (Å²) in [6.07, 6.45) is 1.48. The summed E-state index contributed by atoms with van der Waals surface area (Å²) in [5, 5.41) is 18.6. The van der Waals surface area contributed by atoms with Gasteiger partial charge in [-0.15, -0.1) is 56.7 Å². The van der Waals surface area contributed by atoms with Gasteiger partial charge in [0.05, 0.1) is 0 Å². The predicted octanol–water partition coefficient (Wildman–Crippen LogP) is 7.06. The monoisotopic (exact) mass is 586 g/mol. The van der Waals surface area contributed by atoms with Crippen LogP contribution in [-0.4, -0.2) is 35.2 Å². The maximum absolute atomic E-state index is 11.3. The first-order valence-electron chi connectivity index (χ1n) is 11.3. The molecule has 5 aromatic heterocycles. The molecular weight excluding hydrogens is 565 g/mol. The van der Waals surface area contributed by atoms with Crippen LogP contribution in [0.15, 0.2) is 48.5 Å². The fourth-order valence-electron chi connectivity index (χ4n) is 3.95. The van der Waals surface area contributed by atoms with Crippen LogP contribution in [0.5, 0.6) is 0 Å². The third-order valence-electron chi connectivity index (χ3n) is 5.62. The second-order valence-corrected chi connectivity index (χ2v) is 13.5. The number of hydrogen-bond donors (Lipinski definition) is 4. The van der Waals surface area contributed by atoms with Gasteiger partial charge in [-0.3, -0.25) is 0 Å². The zero-order valence-corrected chi connectivity index (χ0v) is 23.4. The van der Waals surface area contributed by atoms with Crippen molar-refractivity contribution in [3.05, 3.63) is 69.4 Å². The normalized spacial score (nSPS) is 11.3. The Kier molecular flexibility index (Phi) is 7.72. The highest BCUT2D eigenvalue weighted by atomic mass is 32.1. The minimum atomic E-state index is -0.913. The first-order chi connectivity index (χ1) is 17.9. The van der Waals surface area contributed by atoms with E-state index in [1.165, 1.54) is 22.7 Å². The number of rotatable bonds is 10. The van der Waals surface area contributed by atoms with E-state index < -0.39 is 11.9 Å². The topological polar surface area (TPSA) is 127 Å². The van der Waals surface area contributed by atoms with Crippen LogP contribution >= 0.6 is 56.7 Å². The van der Waals surface area contributed by atoms with E-state index in [-0.39, 0.29) is 0 Å². The number of carboxylic acid groups (broad SMARTS) is 2. The van der Waals surface area contributed by atoms with E-state index in [1.54, 1.807) is 46.1 Å². The van der Waals surface area contributed by atoms with E-state index in [1.807, 2.05) is 12.1 Å². The molecule has 11 heteroatoms. The minimum absolute atomic E-state index is 0.325. The van der Waals surface area contributed by atoms with Gasteiger partial charge in [0.15, 0.2) is 0 Å². The molecule has 190 valence electrons. The molecule has 0 bridgehead atoms. The molecule has 0 unspecified atom stereocenters. The predicted molar refractivity (Wildman–Crippen MR) is 157 cm³/mol. The Balaban J connectivity index is 1.51. The van der Waals surface area contributed by atoms with Crippen LogP contribution < -0.4 is 11.5 Å². The molecule has 0 spiro atoms. The number of hydrogen-bond acceptors (Lipinski definition) is 9. The number of nitrogens with two attached hydrogens (primary N) is 2. The molecule has 0 aliphatic heterocycles. The average molecular weight is 587 g/mol. The van der Waals surface area contributed by atoms with Crippen molar-refractivity contribution < 1.29 is 19.8 Å². The Morgan fingerprint density at radius 3 is 1.32 bits per heavy atom. The van der Waals surface area contributed by atoms with Crippen LogP contribution in [0.1, 0.15) is 30.5 Å². The number of thiophene rings is 5. The van der Waals surface area contributed by atoms with Gasteiger partial charge in [0.25, 0.3) is 0 Å². The number of carboxylic acids is 2. The highest BCUT2D eigenvalue weighted by Gasteiger charge is 2.20. The summed E-state index contributed by atoms with van der Waals surface area (Å²) in [5.41, 5.74) is 14.2. The van der Waals surface area contributed by atoms with E-state index in [2.05, 4.69) is 24.3 Å². The van der Waals surface area contributed by atoms with Gasteiger partial charge < -0.3 is 21.7 Å². The van der Waals surface area contributed by atoms with Crippen LogP contribution in [0.2, 0.25) is 0 Å². The van der Waals surface area contributed by atoms with Crippen molar-refractivity contribution in [3.8, 4) is 39.0 Å². The molecule has 6 nitrogen and oxygen atoms in total. The van der Waals surface area contributed by atoms with Crippen molar-refractivity contribution in [1.82, 2.24) is 0 Å². The molecule has 0 fully saturated rings. The highest BCUT2D eigenvalue weighted by molar-refractivity contribution is 7.30. The van der Waals surface area contributed by atoms with E-state index in [4.69, 9.17) is 11.5 Å². The van der Waals surface area contributed by atoms with Crippen LogP contribution in [0, 0.1) is 0 Å². The van der Waals surface area contributed by atoms with Gasteiger partial charge in [-0.25, -0.2) is 9.59 Å². The molecule has 37 heavy (non-hydrogen) atoms. The van der Waals surface area contributed by atoms with Crippen LogP contribution in [0.3, 0.4) is 0 Å². The van der Waals surface area contributed by atoms with E-state index in [9.17, 15) is 19.8 Å². The SMILES string of the molecule is NCCc1cc(-c2ccc(C(=O)O)s2)sc1-c1ccc(-c2sc(-c3ccc(C(=O)O)s3)cc2CCN)s1. The molecule has 0 amide bonds. The quantitative estimate of drug-likeness (QED) is 0.139. The number of carbonyl (C=O) groups is 2. The molecule has 5 aromatic rings. The lowest BCUT2D eigenvalue weighted by Crippen LogP contribution is -2.02. The fraction of sp³-hybridized carbons (Fsp3) is 0.154. The van der Waals surface area contributed by atoms with Crippen molar-refractivity contribution in [2.24, 2.45) is 11.5 Å². The third kappa shape index (κ3) is 5.34. The Labute approximate surface area is 233 Å². The van der Waals surface area contributed by atoms with Crippen molar-refractivity contribution >= 4 is 68.6 Å². The van der Waals surface area contributed by atoms with Gasteiger partial charge in [0.2, 0.25) is 0 Å². The number of aromatic carboxylic acids is 2. The van der Waals surface area contributed by atoms with Gasteiger partial charge in [-0.1, -0.05) is 0 Å². The molecule has 5 rings (SSSR count). The molecule has 0 saturated heterocycles. The molecule has 0 atom stereocenters. The second-order valence-electron chi connectivity index (χ2n) is 8.11. The Hall–Kier alpha value is -2.64. The summed E-state index contributed by atoms with van der Waals surface area (Å²) in [4.78, 5) is 31.9. The molecule has 0 aliphatic rings. The molecular formula is C26H22N2O4S5. The fourth-order valence-corrected chi connectivity index (χ4v) is 9.52. The summed E-state index contributed by atoms with van der Waals surface area (Å²) in [7, 11) is 0. The molecule has 0 aliphatic carbocycles. The van der Waals surface area contributed by atoms with Crippen molar-refractivity contribution in [2.75, 3.05) is 13.1 Å². The van der Waals surface area contributed by atoms with Gasteiger partial charge in [0.1, 0.15) is 9.75 Å². The van der Waals surface area contributed by atoms with Crippen molar-refractivity contribution in [3.63, 3.8) is 0 Å². The van der Waals surface area contributed by atoms with Crippen molar-refractivity contribution in [2.45, 2.75) is 12.8 Å². The van der Waals surface area contributed by atoms with Gasteiger partial charge in [0, 0.05) is 39.0 Å². The molecule has 0 aromatic carbocycles. The largest absolute Gasteiger partial charge is 0.477 e. The minimum Gasteiger partial charge on any atom is -0.477 e. The lowest BCUT2D eigenvalue weighted by molar-refractivity contribution is 0.0691. The zero-order valence-electron chi connectivity index (χ0n) is 19.4. The lowest BCUT2D eigenvalue weighted by Gasteiger charge is -2.00. The summed E-state index contributed by atoms with van der Waals surface area (Å²) >= 11 is 7.60. The second kappa shape index (κ2) is 11.0. The maximum Gasteiger partial charge on any atom is 0.345 e. The third-order valence-corrected chi connectivity index (χ3v) is 12.0. The van der Waals surface area contributed by atoms with Gasteiger partial charge >= 0.3 is 11.9 Å². The Morgan fingerprint density at radius 2 is 0.973 bits per heavy atom.